The number of aromatic amines is 1. The van der Waals surface area contributed by atoms with E-state index in [0.29, 0.717) is 18.4 Å². The third kappa shape index (κ3) is 4.46. The molecule has 0 spiro atoms. The number of rotatable bonds is 6. The molecular weight excluding hydrogens is 450 g/mol. The summed E-state index contributed by atoms with van der Waals surface area (Å²) in [5.74, 6) is -2.06. The van der Waals surface area contributed by atoms with Crippen LogP contribution in [0.15, 0.2) is 42.5 Å². The number of ether oxygens (including phenoxy) is 1. The molecule has 3 aromatic rings. The lowest BCUT2D eigenvalue weighted by Crippen LogP contribution is -2.56. The molecule has 1 fully saturated rings. The van der Waals surface area contributed by atoms with Gasteiger partial charge in [-0.2, -0.15) is 0 Å². The van der Waals surface area contributed by atoms with Crippen LogP contribution in [0.1, 0.15) is 41.7 Å². The molecular formula is C27H32F2N4O2. The number of benzene rings is 2. The summed E-state index contributed by atoms with van der Waals surface area (Å²) in [6, 6.07) is 11.5. The van der Waals surface area contributed by atoms with Crippen molar-refractivity contribution in [3.8, 4) is 0 Å². The summed E-state index contributed by atoms with van der Waals surface area (Å²) in [4.78, 5) is 21.0. The normalized spacial score (nSPS) is 24.4. The standard InChI is InChI=1S/C27H32F2N4O2/c1-32(2)11-10-30-17-13-23(16-8-9-20(28)21(29)12-16)33-24(14-17)26-19(15-25(33)27(34)35-3)18-6-4-5-7-22(18)31-26/h4-9,12,17,23-25,30-31H,10-11,13-15H2,1-3H3. The molecule has 5 rings (SSSR count). The predicted molar refractivity (Wildman–Crippen MR) is 131 cm³/mol. The number of piperidine rings is 1. The van der Waals surface area contributed by atoms with E-state index < -0.39 is 17.7 Å². The van der Waals surface area contributed by atoms with Crippen LogP contribution in [0.3, 0.4) is 0 Å². The minimum atomic E-state index is -0.875. The van der Waals surface area contributed by atoms with Crippen molar-refractivity contribution in [3.05, 3.63) is 70.9 Å². The van der Waals surface area contributed by atoms with E-state index in [-0.39, 0.29) is 24.1 Å². The number of carbonyl (C=O) groups excluding carboxylic acids is 1. The van der Waals surface area contributed by atoms with Crippen LogP contribution in [0.4, 0.5) is 8.78 Å². The number of nitrogens with one attached hydrogen (secondary N) is 2. The van der Waals surface area contributed by atoms with E-state index in [1.807, 2.05) is 32.3 Å². The van der Waals surface area contributed by atoms with Gasteiger partial charge in [0, 0.05) is 48.2 Å². The maximum Gasteiger partial charge on any atom is 0.323 e. The van der Waals surface area contributed by atoms with E-state index in [0.717, 1.165) is 41.7 Å². The largest absolute Gasteiger partial charge is 0.468 e. The average molecular weight is 483 g/mol. The van der Waals surface area contributed by atoms with Crippen molar-refractivity contribution in [2.75, 3.05) is 34.3 Å². The summed E-state index contributed by atoms with van der Waals surface area (Å²) in [5, 5.41) is 4.78. The Hall–Kier alpha value is -2.81. The summed E-state index contributed by atoms with van der Waals surface area (Å²) >= 11 is 0. The quantitative estimate of drug-likeness (QED) is 0.521. The van der Waals surface area contributed by atoms with Crippen LogP contribution in [0, 0.1) is 11.6 Å². The molecule has 1 aromatic heterocycles. The summed E-state index contributed by atoms with van der Waals surface area (Å²) in [5.41, 5.74) is 3.93. The second kappa shape index (κ2) is 9.68. The van der Waals surface area contributed by atoms with Gasteiger partial charge < -0.3 is 19.9 Å². The first-order chi connectivity index (χ1) is 16.9. The van der Waals surface area contributed by atoms with Crippen molar-refractivity contribution in [3.63, 3.8) is 0 Å². The van der Waals surface area contributed by atoms with Gasteiger partial charge in [-0.15, -0.1) is 0 Å². The summed E-state index contributed by atoms with van der Waals surface area (Å²) in [6.07, 6.45) is 1.97. The Morgan fingerprint density at radius 3 is 2.66 bits per heavy atom. The first-order valence-electron chi connectivity index (χ1n) is 12.1. The van der Waals surface area contributed by atoms with Gasteiger partial charge in [0.05, 0.1) is 13.2 Å². The molecule has 4 unspecified atom stereocenters. The van der Waals surface area contributed by atoms with Crippen molar-refractivity contribution in [1.29, 1.82) is 0 Å². The number of fused-ring (bicyclic) bond motifs is 5. The first-order valence-corrected chi connectivity index (χ1v) is 12.1. The van der Waals surface area contributed by atoms with E-state index >= 15 is 0 Å². The number of esters is 1. The molecule has 2 N–H and O–H groups in total. The van der Waals surface area contributed by atoms with E-state index in [4.69, 9.17) is 4.74 Å². The maximum atomic E-state index is 14.3. The van der Waals surface area contributed by atoms with Gasteiger partial charge >= 0.3 is 5.97 Å². The molecule has 0 radical (unpaired) electrons. The molecule has 2 aliphatic rings. The van der Waals surface area contributed by atoms with Crippen LogP contribution in [-0.2, 0) is 16.0 Å². The number of H-pyrrole nitrogens is 1. The predicted octanol–water partition coefficient (Wildman–Crippen LogP) is 3.94. The smallest absolute Gasteiger partial charge is 0.323 e. The minimum Gasteiger partial charge on any atom is -0.468 e. The number of para-hydroxylation sites is 1. The van der Waals surface area contributed by atoms with Crippen molar-refractivity contribution in [2.45, 2.75) is 43.4 Å². The average Bonchev–Trinajstić information content (AvgIpc) is 3.23. The molecule has 6 nitrogen and oxygen atoms in total. The lowest BCUT2D eigenvalue weighted by Gasteiger charge is -2.50. The molecule has 0 bridgehead atoms. The Labute approximate surface area is 204 Å². The number of nitrogens with zero attached hydrogens (tertiary/aromatic N) is 2. The molecule has 4 atom stereocenters. The van der Waals surface area contributed by atoms with Crippen molar-refractivity contribution >= 4 is 16.9 Å². The molecule has 8 heteroatoms. The van der Waals surface area contributed by atoms with E-state index in [1.54, 1.807) is 6.07 Å². The third-order valence-corrected chi connectivity index (χ3v) is 7.47. The highest BCUT2D eigenvalue weighted by molar-refractivity contribution is 5.87. The van der Waals surface area contributed by atoms with Gasteiger partial charge in [0.25, 0.3) is 0 Å². The summed E-state index contributed by atoms with van der Waals surface area (Å²) < 4.78 is 33.4. The number of hydrogen-bond donors (Lipinski definition) is 2. The second-order valence-electron chi connectivity index (χ2n) is 9.88. The zero-order valence-electron chi connectivity index (χ0n) is 20.4. The topological polar surface area (TPSA) is 60.6 Å². The second-order valence-corrected chi connectivity index (χ2v) is 9.88. The lowest BCUT2D eigenvalue weighted by molar-refractivity contribution is -0.152. The van der Waals surface area contributed by atoms with Crippen molar-refractivity contribution < 1.29 is 18.3 Å². The zero-order valence-corrected chi connectivity index (χ0v) is 20.4. The van der Waals surface area contributed by atoms with Crippen LogP contribution in [0.5, 0.6) is 0 Å². The third-order valence-electron chi connectivity index (χ3n) is 7.47. The highest BCUT2D eigenvalue weighted by atomic mass is 19.2. The van der Waals surface area contributed by atoms with Crippen molar-refractivity contribution in [2.24, 2.45) is 0 Å². The molecule has 0 amide bonds. The SMILES string of the molecule is COC(=O)C1Cc2c([nH]c3ccccc23)C2CC(NCCN(C)C)CC(c3ccc(F)c(F)c3)N12. The van der Waals surface area contributed by atoms with Gasteiger partial charge in [-0.1, -0.05) is 24.3 Å². The molecule has 0 aliphatic carbocycles. The number of methoxy groups -OCH3 is 1. The zero-order chi connectivity index (χ0) is 24.7. The summed E-state index contributed by atoms with van der Waals surface area (Å²) in [7, 11) is 5.48. The Balaban J connectivity index is 1.60. The van der Waals surface area contributed by atoms with Crippen LogP contribution >= 0.6 is 0 Å². The maximum absolute atomic E-state index is 14.3. The van der Waals surface area contributed by atoms with Gasteiger partial charge in [0.2, 0.25) is 0 Å². The van der Waals surface area contributed by atoms with Gasteiger partial charge in [0.15, 0.2) is 11.6 Å². The van der Waals surface area contributed by atoms with Gasteiger partial charge in [0.1, 0.15) is 6.04 Å². The fourth-order valence-corrected chi connectivity index (χ4v) is 5.85. The monoisotopic (exact) mass is 482 g/mol. The van der Waals surface area contributed by atoms with Crippen molar-refractivity contribution in [1.82, 2.24) is 20.1 Å². The Morgan fingerprint density at radius 2 is 1.91 bits per heavy atom. The minimum absolute atomic E-state index is 0.0982. The van der Waals surface area contributed by atoms with E-state index in [2.05, 4.69) is 26.2 Å². The van der Waals surface area contributed by atoms with Gasteiger partial charge in [-0.3, -0.25) is 9.69 Å². The fourth-order valence-electron chi connectivity index (χ4n) is 5.85. The Kier molecular flexibility index (Phi) is 6.61. The van der Waals surface area contributed by atoms with Crippen LogP contribution in [-0.4, -0.2) is 67.1 Å². The highest BCUT2D eigenvalue weighted by Gasteiger charge is 2.48. The molecule has 3 heterocycles. The molecule has 186 valence electrons. The number of aromatic nitrogens is 1. The van der Waals surface area contributed by atoms with E-state index in [9.17, 15) is 13.6 Å². The Morgan fingerprint density at radius 1 is 1.14 bits per heavy atom. The summed E-state index contributed by atoms with van der Waals surface area (Å²) in [6.45, 7) is 1.71. The molecule has 2 aromatic carbocycles. The number of halogens is 2. The molecule has 0 saturated carbocycles. The van der Waals surface area contributed by atoms with Crippen LogP contribution < -0.4 is 5.32 Å². The molecule has 35 heavy (non-hydrogen) atoms. The Bertz CT molecular complexity index is 1230. The molecule has 1 saturated heterocycles. The number of hydrogen-bond acceptors (Lipinski definition) is 5. The lowest BCUT2D eigenvalue weighted by atomic mass is 9.79. The van der Waals surface area contributed by atoms with Crippen LogP contribution in [0.25, 0.3) is 10.9 Å². The molecule has 2 aliphatic heterocycles. The van der Waals surface area contributed by atoms with Gasteiger partial charge in [-0.05, 0) is 56.3 Å². The fraction of sp³-hybridized carbons (Fsp3) is 0.444. The van der Waals surface area contributed by atoms with Crippen LogP contribution in [0.2, 0.25) is 0 Å². The number of carbonyl (C=O) groups is 1. The highest BCUT2D eigenvalue weighted by Crippen LogP contribution is 2.48. The first kappa shape index (κ1) is 23.9. The van der Waals surface area contributed by atoms with E-state index in [1.165, 1.54) is 19.2 Å². The van der Waals surface area contributed by atoms with Gasteiger partial charge in [-0.25, -0.2) is 8.78 Å². The number of likely N-dealkylation sites (N-methyl/N-ethyl adjacent to an activating group) is 1.